The highest BCUT2D eigenvalue weighted by molar-refractivity contribution is 5.83. The molecule has 108 valence electrons. The van der Waals surface area contributed by atoms with Gasteiger partial charge in [0.25, 0.3) is 0 Å². The number of hydrogen-bond donors (Lipinski definition) is 0. The number of aryl methyl sites for hydroxylation is 1. The summed E-state index contributed by atoms with van der Waals surface area (Å²) in [6.45, 7) is 1.89. The average molecular weight is 292 g/mol. The van der Waals surface area contributed by atoms with E-state index in [2.05, 4.69) is 9.84 Å². The van der Waals surface area contributed by atoms with Crippen molar-refractivity contribution in [3.8, 4) is 11.4 Å². The Balaban J connectivity index is 2.00. The number of nitrogens with zero attached hydrogens (tertiary/aromatic N) is 2. The van der Waals surface area contributed by atoms with E-state index in [1.807, 2.05) is 31.2 Å². The van der Waals surface area contributed by atoms with Gasteiger partial charge in [0.15, 0.2) is 0 Å². The molecular weight excluding hydrogens is 281 g/mol. The molecule has 0 atom stereocenters. The van der Waals surface area contributed by atoms with Gasteiger partial charge in [-0.05, 0) is 37.3 Å². The van der Waals surface area contributed by atoms with Crippen LogP contribution in [0.1, 0.15) is 5.69 Å². The maximum absolute atomic E-state index is 12.1. The second kappa shape index (κ2) is 4.80. The number of fused-ring (bicyclic) bond motifs is 1. The molecule has 0 bridgehead atoms. The third-order valence-electron chi connectivity index (χ3n) is 3.09. The lowest BCUT2D eigenvalue weighted by Gasteiger charge is -2.09. The van der Waals surface area contributed by atoms with Crippen LogP contribution in [0.2, 0.25) is 0 Å². The molecule has 6 heteroatoms. The lowest BCUT2D eigenvalue weighted by atomic mass is 10.2. The van der Waals surface area contributed by atoms with E-state index in [4.69, 9.17) is 0 Å². The van der Waals surface area contributed by atoms with Crippen molar-refractivity contribution in [1.29, 1.82) is 0 Å². The minimum atomic E-state index is -4.68. The fourth-order valence-electron chi connectivity index (χ4n) is 2.21. The monoisotopic (exact) mass is 292 g/mol. The molecule has 3 rings (SSSR count). The van der Waals surface area contributed by atoms with Gasteiger partial charge in [-0.3, -0.25) is 0 Å². The van der Waals surface area contributed by atoms with Gasteiger partial charge in [-0.2, -0.15) is 5.10 Å². The molecule has 2 aromatic carbocycles. The van der Waals surface area contributed by atoms with E-state index < -0.39 is 6.36 Å². The number of ether oxygens (including phenoxy) is 1. The fourth-order valence-corrected chi connectivity index (χ4v) is 2.21. The molecule has 3 aromatic rings. The van der Waals surface area contributed by atoms with Crippen LogP contribution in [0.5, 0.6) is 5.75 Å². The molecule has 1 heterocycles. The molecule has 0 radical (unpaired) electrons. The second-order valence-electron chi connectivity index (χ2n) is 4.56. The van der Waals surface area contributed by atoms with Crippen molar-refractivity contribution < 1.29 is 17.9 Å². The summed E-state index contributed by atoms with van der Waals surface area (Å²) in [6.07, 6.45) is -4.68. The Morgan fingerprint density at radius 1 is 1.00 bits per heavy atom. The summed E-state index contributed by atoms with van der Waals surface area (Å²) in [5, 5.41) is 5.43. The number of para-hydroxylation sites is 1. The van der Waals surface area contributed by atoms with Crippen LogP contribution in [0.3, 0.4) is 0 Å². The Morgan fingerprint density at radius 3 is 2.33 bits per heavy atom. The van der Waals surface area contributed by atoms with Crippen LogP contribution in [0.15, 0.2) is 48.5 Å². The second-order valence-corrected chi connectivity index (χ2v) is 4.56. The minimum absolute atomic E-state index is 0.251. The molecule has 0 N–H and O–H groups in total. The van der Waals surface area contributed by atoms with Crippen LogP contribution in [0.4, 0.5) is 13.2 Å². The first-order valence-corrected chi connectivity index (χ1v) is 6.24. The maximum atomic E-state index is 12.1. The number of alkyl halides is 3. The molecule has 0 aliphatic carbocycles. The van der Waals surface area contributed by atoms with Crippen LogP contribution < -0.4 is 4.74 Å². The van der Waals surface area contributed by atoms with Gasteiger partial charge in [0, 0.05) is 5.39 Å². The Kier molecular flexibility index (Phi) is 3.08. The van der Waals surface area contributed by atoms with Crippen molar-refractivity contribution in [3.05, 3.63) is 54.2 Å². The summed E-state index contributed by atoms with van der Waals surface area (Å²) in [6, 6.07) is 13.3. The SMILES string of the molecule is Cc1nn(-c2ccc(OC(F)(F)F)cc2)c2ccccc12. The van der Waals surface area contributed by atoms with Crippen molar-refractivity contribution in [2.45, 2.75) is 13.3 Å². The lowest BCUT2D eigenvalue weighted by Crippen LogP contribution is -2.17. The number of benzene rings is 2. The Morgan fingerprint density at radius 2 is 1.67 bits per heavy atom. The van der Waals surface area contributed by atoms with E-state index in [9.17, 15) is 13.2 Å². The number of hydrogen-bond acceptors (Lipinski definition) is 2. The van der Waals surface area contributed by atoms with Crippen molar-refractivity contribution in [2.75, 3.05) is 0 Å². The third-order valence-corrected chi connectivity index (χ3v) is 3.09. The quantitative estimate of drug-likeness (QED) is 0.706. The minimum Gasteiger partial charge on any atom is -0.406 e. The van der Waals surface area contributed by atoms with Crippen LogP contribution in [0.25, 0.3) is 16.6 Å². The summed E-state index contributed by atoms with van der Waals surface area (Å²) < 4.78 is 42.0. The third kappa shape index (κ3) is 2.69. The van der Waals surface area contributed by atoms with E-state index >= 15 is 0 Å². The molecule has 1 aromatic heterocycles. The van der Waals surface area contributed by atoms with Crippen molar-refractivity contribution in [3.63, 3.8) is 0 Å². The van der Waals surface area contributed by atoms with E-state index in [1.54, 1.807) is 16.8 Å². The molecule has 0 saturated carbocycles. The zero-order valence-electron chi connectivity index (χ0n) is 11.1. The molecule has 21 heavy (non-hydrogen) atoms. The molecule has 3 nitrogen and oxygen atoms in total. The molecule has 0 unspecified atom stereocenters. The first kappa shape index (κ1) is 13.5. The lowest BCUT2D eigenvalue weighted by molar-refractivity contribution is -0.274. The van der Waals surface area contributed by atoms with E-state index in [-0.39, 0.29) is 5.75 Å². The van der Waals surface area contributed by atoms with Crippen molar-refractivity contribution >= 4 is 10.9 Å². The van der Waals surface area contributed by atoms with Crippen LogP contribution in [-0.2, 0) is 0 Å². The molecule has 0 amide bonds. The highest BCUT2D eigenvalue weighted by Gasteiger charge is 2.31. The van der Waals surface area contributed by atoms with Crippen LogP contribution >= 0.6 is 0 Å². The van der Waals surface area contributed by atoms with Gasteiger partial charge in [0.05, 0.1) is 16.9 Å². The summed E-state index contributed by atoms with van der Waals surface area (Å²) >= 11 is 0. The van der Waals surface area contributed by atoms with Gasteiger partial charge in [0.2, 0.25) is 0 Å². The smallest absolute Gasteiger partial charge is 0.406 e. The molecule has 0 saturated heterocycles. The number of halogens is 3. The molecular formula is C15H11F3N2O. The van der Waals surface area contributed by atoms with Gasteiger partial charge in [0.1, 0.15) is 5.75 Å². The van der Waals surface area contributed by atoms with E-state index in [1.165, 1.54) is 12.1 Å². The molecule has 0 fully saturated rings. The first-order valence-electron chi connectivity index (χ1n) is 6.24. The summed E-state index contributed by atoms with van der Waals surface area (Å²) in [5.41, 5.74) is 2.44. The van der Waals surface area contributed by atoms with E-state index in [0.717, 1.165) is 16.6 Å². The predicted octanol–water partition coefficient (Wildman–Crippen LogP) is 4.23. The zero-order chi connectivity index (χ0) is 15.0. The molecule has 0 aliphatic rings. The average Bonchev–Trinajstić information content (AvgIpc) is 2.76. The van der Waals surface area contributed by atoms with Gasteiger partial charge in [-0.25, -0.2) is 4.68 Å². The molecule has 0 spiro atoms. The van der Waals surface area contributed by atoms with Crippen LogP contribution in [0, 0.1) is 6.92 Å². The van der Waals surface area contributed by atoms with Crippen molar-refractivity contribution in [2.24, 2.45) is 0 Å². The van der Waals surface area contributed by atoms with Gasteiger partial charge < -0.3 is 4.74 Å². The topological polar surface area (TPSA) is 27.1 Å². The number of aromatic nitrogens is 2. The normalized spacial score (nSPS) is 11.8. The van der Waals surface area contributed by atoms with E-state index in [0.29, 0.717) is 5.69 Å². The van der Waals surface area contributed by atoms with Gasteiger partial charge in [-0.15, -0.1) is 13.2 Å². The standard InChI is InChI=1S/C15H11F3N2O/c1-10-13-4-2-3-5-14(13)20(19-10)11-6-8-12(9-7-11)21-15(16,17)18/h2-9H,1H3. The predicted molar refractivity (Wildman–Crippen MR) is 72.5 cm³/mol. The highest BCUT2D eigenvalue weighted by atomic mass is 19.4. The van der Waals surface area contributed by atoms with Gasteiger partial charge in [-0.1, -0.05) is 18.2 Å². The van der Waals surface area contributed by atoms with Crippen LogP contribution in [-0.4, -0.2) is 16.1 Å². The van der Waals surface area contributed by atoms with Gasteiger partial charge >= 0.3 is 6.36 Å². The molecule has 0 aliphatic heterocycles. The highest BCUT2D eigenvalue weighted by Crippen LogP contribution is 2.25. The first-order chi connectivity index (χ1) is 9.94. The number of rotatable bonds is 2. The van der Waals surface area contributed by atoms with Crippen molar-refractivity contribution in [1.82, 2.24) is 9.78 Å². The Bertz CT molecular complexity index is 776. The zero-order valence-corrected chi connectivity index (χ0v) is 11.1. The fraction of sp³-hybridized carbons (Fsp3) is 0.133. The summed E-state index contributed by atoms with van der Waals surface area (Å²) in [7, 11) is 0. The Labute approximate surface area is 118 Å². The maximum Gasteiger partial charge on any atom is 0.573 e. The summed E-state index contributed by atoms with van der Waals surface area (Å²) in [5.74, 6) is -0.251. The largest absolute Gasteiger partial charge is 0.573 e. The Hall–Kier alpha value is -2.50. The summed E-state index contributed by atoms with van der Waals surface area (Å²) in [4.78, 5) is 0.